The summed E-state index contributed by atoms with van der Waals surface area (Å²) in [4.78, 5) is 32.1. The van der Waals surface area contributed by atoms with Crippen LogP contribution in [0.3, 0.4) is 0 Å². The van der Waals surface area contributed by atoms with Crippen LogP contribution >= 0.6 is 15.9 Å². The van der Waals surface area contributed by atoms with E-state index in [4.69, 9.17) is 4.74 Å². The number of amides is 2. The minimum atomic E-state index is -0.352. The Morgan fingerprint density at radius 3 is 2.26 bits per heavy atom. The van der Waals surface area contributed by atoms with Crippen molar-refractivity contribution in [3.05, 3.63) is 82.5 Å². The van der Waals surface area contributed by atoms with Crippen LogP contribution in [-0.4, -0.2) is 43.1 Å². The zero-order chi connectivity index (χ0) is 21.6. The number of rotatable bonds is 5. The highest BCUT2D eigenvalue weighted by molar-refractivity contribution is 9.10. The number of nitrogens with zero attached hydrogens (tertiary/aromatic N) is 2. The molecule has 1 saturated heterocycles. The van der Waals surface area contributed by atoms with Gasteiger partial charge in [-0.05, 0) is 52.3 Å². The van der Waals surface area contributed by atoms with Gasteiger partial charge in [-0.1, -0.05) is 24.3 Å². The molecule has 0 saturated carbocycles. The minimum Gasteiger partial charge on any atom is -0.378 e. The number of hydrogen-bond acceptors (Lipinski definition) is 5. The molecule has 0 unspecified atom stereocenters. The number of anilines is 3. The van der Waals surface area contributed by atoms with E-state index in [-0.39, 0.29) is 11.8 Å². The Labute approximate surface area is 188 Å². The molecule has 1 aliphatic heterocycles. The molecule has 158 valence electrons. The second-order valence-corrected chi connectivity index (χ2v) is 7.79. The van der Waals surface area contributed by atoms with Gasteiger partial charge in [0, 0.05) is 17.6 Å². The van der Waals surface area contributed by atoms with E-state index in [2.05, 4.69) is 36.4 Å². The fourth-order valence-corrected chi connectivity index (χ4v) is 3.74. The van der Waals surface area contributed by atoms with Crippen molar-refractivity contribution in [3.8, 4) is 0 Å². The Hall–Kier alpha value is -3.23. The quantitative estimate of drug-likeness (QED) is 0.571. The van der Waals surface area contributed by atoms with Crippen molar-refractivity contribution >= 4 is 44.9 Å². The first-order valence-electron chi connectivity index (χ1n) is 9.87. The number of carbonyl (C=O) groups excluding carboxylic acids is 2. The minimum absolute atomic E-state index is 0.305. The third-order valence-corrected chi connectivity index (χ3v) is 5.60. The van der Waals surface area contributed by atoms with E-state index in [9.17, 15) is 9.59 Å². The van der Waals surface area contributed by atoms with Crippen LogP contribution in [0.5, 0.6) is 0 Å². The number of para-hydroxylation sites is 1. The highest BCUT2D eigenvalue weighted by Gasteiger charge is 2.16. The summed E-state index contributed by atoms with van der Waals surface area (Å²) < 4.78 is 6.05. The normalized spacial score (nSPS) is 13.5. The number of ether oxygens (including phenoxy) is 1. The molecule has 4 rings (SSSR count). The summed E-state index contributed by atoms with van der Waals surface area (Å²) >= 11 is 3.38. The molecule has 1 fully saturated rings. The molecular weight excluding hydrogens is 460 g/mol. The standard InChI is InChI=1S/C23H21BrN4O3/c24-19-7-3-1-5-17(19)22(29)26-20-8-4-2-6-18(20)23(30)27-21-10-9-16(15-25-21)28-11-13-31-14-12-28/h1-10,15H,11-14H2,(H,26,29)(H,25,27,30). The molecule has 0 radical (unpaired) electrons. The maximum atomic E-state index is 12.9. The van der Waals surface area contributed by atoms with Crippen molar-refractivity contribution in [1.29, 1.82) is 0 Å². The fraction of sp³-hybridized carbons (Fsp3) is 0.174. The van der Waals surface area contributed by atoms with Gasteiger partial charge in [0.1, 0.15) is 5.82 Å². The number of nitrogens with one attached hydrogen (secondary N) is 2. The van der Waals surface area contributed by atoms with Crippen LogP contribution in [0, 0.1) is 0 Å². The lowest BCUT2D eigenvalue weighted by Gasteiger charge is -2.28. The van der Waals surface area contributed by atoms with E-state index in [1.165, 1.54) is 0 Å². The lowest BCUT2D eigenvalue weighted by molar-refractivity contribution is 0.102. The second kappa shape index (κ2) is 9.72. The SMILES string of the molecule is O=C(Nc1ccccc1C(=O)Nc1ccc(N2CCOCC2)cn1)c1ccccc1Br. The molecule has 8 heteroatoms. The monoisotopic (exact) mass is 480 g/mol. The van der Waals surface area contributed by atoms with Crippen molar-refractivity contribution < 1.29 is 14.3 Å². The first-order valence-corrected chi connectivity index (χ1v) is 10.7. The van der Waals surface area contributed by atoms with Gasteiger partial charge in [0.05, 0.1) is 41.9 Å². The molecule has 2 aromatic carbocycles. The third kappa shape index (κ3) is 5.10. The molecule has 2 heterocycles. The number of carbonyl (C=O) groups is 2. The molecule has 0 aliphatic carbocycles. The zero-order valence-electron chi connectivity index (χ0n) is 16.7. The Bertz CT molecular complexity index is 1080. The number of aromatic nitrogens is 1. The molecule has 2 amide bonds. The lowest BCUT2D eigenvalue weighted by Crippen LogP contribution is -2.36. The van der Waals surface area contributed by atoms with Gasteiger partial charge in [-0.2, -0.15) is 0 Å². The van der Waals surface area contributed by atoms with Crippen molar-refractivity contribution in [1.82, 2.24) is 4.98 Å². The van der Waals surface area contributed by atoms with E-state index in [0.717, 1.165) is 18.8 Å². The van der Waals surface area contributed by atoms with E-state index in [1.807, 2.05) is 12.1 Å². The Morgan fingerprint density at radius 2 is 1.55 bits per heavy atom. The van der Waals surface area contributed by atoms with E-state index >= 15 is 0 Å². The van der Waals surface area contributed by atoms with Crippen molar-refractivity contribution in [2.75, 3.05) is 41.8 Å². The molecule has 0 atom stereocenters. The molecule has 2 N–H and O–H groups in total. The first-order chi connectivity index (χ1) is 15.1. The van der Waals surface area contributed by atoms with Gasteiger partial charge >= 0.3 is 0 Å². The van der Waals surface area contributed by atoms with E-state index in [1.54, 1.807) is 54.7 Å². The lowest BCUT2D eigenvalue weighted by atomic mass is 10.1. The zero-order valence-corrected chi connectivity index (χ0v) is 18.3. The summed E-state index contributed by atoms with van der Waals surface area (Å²) in [5.74, 6) is -0.218. The maximum Gasteiger partial charge on any atom is 0.258 e. The van der Waals surface area contributed by atoms with Crippen LogP contribution in [-0.2, 0) is 4.74 Å². The summed E-state index contributed by atoms with van der Waals surface area (Å²) in [7, 11) is 0. The number of benzene rings is 2. The van der Waals surface area contributed by atoms with Crippen LogP contribution in [0.15, 0.2) is 71.3 Å². The van der Waals surface area contributed by atoms with Gasteiger partial charge in [-0.25, -0.2) is 4.98 Å². The van der Waals surface area contributed by atoms with Gasteiger partial charge < -0.3 is 20.3 Å². The number of halogens is 1. The molecule has 7 nitrogen and oxygen atoms in total. The van der Waals surface area contributed by atoms with Gasteiger partial charge in [0.15, 0.2) is 0 Å². The molecule has 31 heavy (non-hydrogen) atoms. The van der Waals surface area contributed by atoms with Crippen LogP contribution in [0.1, 0.15) is 20.7 Å². The fourth-order valence-electron chi connectivity index (χ4n) is 3.28. The van der Waals surface area contributed by atoms with E-state index in [0.29, 0.717) is 40.3 Å². The summed E-state index contributed by atoms with van der Waals surface area (Å²) in [6, 6.07) is 17.7. The summed E-state index contributed by atoms with van der Waals surface area (Å²) in [5.41, 5.74) is 2.24. The van der Waals surface area contributed by atoms with Crippen LogP contribution < -0.4 is 15.5 Å². The molecule has 1 aromatic heterocycles. The predicted molar refractivity (Wildman–Crippen MR) is 124 cm³/mol. The average molecular weight is 481 g/mol. The molecule has 1 aliphatic rings. The smallest absolute Gasteiger partial charge is 0.258 e. The molecule has 0 spiro atoms. The van der Waals surface area contributed by atoms with Gasteiger partial charge in [0.2, 0.25) is 0 Å². The van der Waals surface area contributed by atoms with Gasteiger partial charge in [0.25, 0.3) is 11.8 Å². The third-order valence-electron chi connectivity index (χ3n) is 4.90. The topological polar surface area (TPSA) is 83.6 Å². The summed E-state index contributed by atoms with van der Waals surface area (Å²) in [5, 5.41) is 5.62. The van der Waals surface area contributed by atoms with Crippen LogP contribution in [0.2, 0.25) is 0 Å². The van der Waals surface area contributed by atoms with Crippen molar-refractivity contribution in [2.24, 2.45) is 0 Å². The summed E-state index contributed by atoms with van der Waals surface area (Å²) in [6.45, 7) is 3.02. The first kappa shape index (κ1) is 21.0. The number of pyridine rings is 1. The van der Waals surface area contributed by atoms with Crippen LogP contribution in [0.25, 0.3) is 0 Å². The predicted octanol–water partition coefficient (Wildman–Crippen LogP) is 4.19. The number of morpholine rings is 1. The van der Waals surface area contributed by atoms with Crippen LogP contribution in [0.4, 0.5) is 17.2 Å². The molecule has 0 bridgehead atoms. The average Bonchev–Trinajstić information content (AvgIpc) is 2.80. The van der Waals surface area contributed by atoms with E-state index < -0.39 is 0 Å². The molecule has 3 aromatic rings. The Balaban J connectivity index is 1.47. The highest BCUT2D eigenvalue weighted by Crippen LogP contribution is 2.22. The largest absolute Gasteiger partial charge is 0.378 e. The van der Waals surface area contributed by atoms with Crippen molar-refractivity contribution in [2.45, 2.75) is 0 Å². The van der Waals surface area contributed by atoms with Gasteiger partial charge in [-0.3, -0.25) is 9.59 Å². The van der Waals surface area contributed by atoms with Gasteiger partial charge in [-0.15, -0.1) is 0 Å². The molecular formula is C23H21BrN4O3. The Kier molecular flexibility index (Phi) is 6.59. The highest BCUT2D eigenvalue weighted by atomic mass is 79.9. The Morgan fingerprint density at radius 1 is 0.871 bits per heavy atom. The second-order valence-electron chi connectivity index (χ2n) is 6.93. The maximum absolute atomic E-state index is 12.9. The van der Waals surface area contributed by atoms with Crippen molar-refractivity contribution in [3.63, 3.8) is 0 Å². The number of hydrogen-bond donors (Lipinski definition) is 2. The summed E-state index contributed by atoms with van der Waals surface area (Å²) in [6.07, 6.45) is 1.74.